The van der Waals surface area contributed by atoms with Crippen LogP contribution in [-0.4, -0.2) is 37.0 Å². The van der Waals surface area contributed by atoms with Gasteiger partial charge >= 0.3 is 5.92 Å². The smallest absolute Gasteiger partial charge is 0.337 e. The van der Waals surface area contributed by atoms with E-state index in [1.165, 1.54) is 23.1 Å². The van der Waals surface area contributed by atoms with Crippen molar-refractivity contribution in [2.75, 3.05) is 26.2 Å². The number of nitrogens with zero attached hydrogens (tertiary/aromatic N) is 1. The summed E-state index contributed by atoms with van der Waals surface area (Å²) < 4.78 is 28.9. The molecular weight excluding hydrogens is 310 g/mol. The van der Waals surface area contributed by atoms with Crippen LogP contribution in [0, 0.1) is 11.8 Å². The Morgan fingerprint density at radius 2 is 1.86 bits per heavy atom. The molecule has 0 unspecified atom stereocenters. The first-order valence-electron chi connectivity index (χ1n) is 7.62. The second-order valence-electron chi connectivity index (χ2n) is 6.13. The molecule has 0 aliphatic carbocycles. The van der Waals surface area contributed by atoms with Gasteiger partial charge in [-0.1, -0.05) is 23.7 Å². The molecule has 1 amide bonds. The van der Waals surface area contributed by atoms with Crippen molar-refractivity contribution in [1.82, 2.24) is 10.2 Å². The van der Waals surface area contributed by atoms with Gasteiger partial charge < -0.3 is 10.2 Å². The fourth-order valence-corrected chi connectivity index (χ4v) is 3.62. The van der Waals surface area contributed by atoms with Crippen molar-refractivity contribution in [2.24, 2.45) is 11.8 Å². The molecular formula is C16H19ClF2N2O. The van der Waals surface area contributed by atoms with Gasteiger partial charge in [0.15, 0.2) is 0 Å². The quantitative estimate of drug-likeness (QED) is 0.905. The number of alkyl halides is 2. The molecule has 2 fully saturated rings. The lowest BCUT2D eigenvalue weighted by Gasteiger charge is -2.26. The number of hydrogen-bond acceptors (Lipinski definition) is 2. The number of fused-ring (bicyclic) bond motifs is 1. The maximum Gasteiger partial charge on any atom is 0.350 e. The van der Waals surface area contributed by atoms with Crippen LogP contribution in [0.5, 0.6) is 0 Å². The molecule has 0 spiro atoms. The number of nitrogens with one attached hydrogen (secondary N) is 1. The van der Waals surface area contributed by atoms with Gasteiger partial charge in [0.2, 0.25) is 0 Å². The molecule has 2 aliphatic rings. The highest BCUT2D eigenvalue weighted by Gasteiger charge is 2.45. The van der Waals surface area contributed by atoms with Crippen LogP contribution in [0.4, 0.5) is 8.78 Å². The zero-order chi connectivity index (χ0) is 15.7. The molecule has 3 nitrogen and oxygen atoms in total. The van der Waals surface area contributed by atoms with E-state index in [1.54, 1.807) is 0 Å². The average Bonchev–Trinajstić information content (AvgIpc) is 2.85. The molecule has 22 heavy (non-hydrogen) atoms. The van der Waals surface area contributed by atoms with E-state index >= 15 is 0 Å². The van der Waals surface area contributed by atoms with Gasteiger partial charge in [-0.15, -0.1) is 0 Å². The van der Waals surface area contributed by atoms with E-state index in [2.05, 4.69) is 5.32 Å². The normalized spacial score (nSPS) is 25.7. The molecule has 2 heterocycles. The molecule has 2 saturated heterocycles. The zero-order valence-corrected chi connectivity index (χ0v) is 13.0. The Morgan fingerprint density at radius 1 is 1.23 bits per heavy atom. The fraction of sp³-hybridized carbons (Fsp3) is 0.562. The van der Waals surface area contributed by atoms with Crippen molar-refractivity contribution in [3.63, 3.8) is 0 Å². The van der Waals surface area contributed by atoms with Gasteiger partial charge in [0.05, 0.1) is 0 Å². The molecule has 120 valence electrons. The van der Waals surface area contributed by atoms with Crippen molar-refractivity contribution in [2.45, 2.75) is 18.8 Å². The maximum absolute atomic E-state index is 14.5. The minimum Gasteiger partial charge on any atom is -0.337 e. The van der Waals surface area contributed by atoms with Crippen LogP contribution in [0.3, 0.4) is 0 Å². The lowest BCUT2D eigenvalue weighted by molar-refractivity contribution is -0.159. The third-order valence-electron chi connectivity index (χ3n) is 4.76. The summed E-state index contributed by atoms with van der Waals surface area (Å²) in [5.41, 5.74) is -0.337. The summed E-state index contributed by atoms with van der Waals surface area (Å²) in [6, 6.07) is 5.37. The van der Waals surface area contributed by atoms with E-state index in [1.807, 2.05) is 0 Å². The molecule has 1 aromatic rings. The van der Waals surface area contributed by atoms with E-state index in [9.17, 15) is 13.6 Å². The predicted octanol–water partition coefficient (Wildman–Crippen LogP) is 2.89. The SMILES string of the molecule is O=C(N1CC[C@@H]2CNC[C@@H]2CC1)C(F)(F)c1cccc(Cl)c1. The van der Waals surface area contributed by atoms with Crippen molar-refractivity contribution < 1.29 is 13.6 Å². The Bertz CT molecular complexity index is 553. The highest BCUT2D eigenvalue weighted by atomic mass is 35.5. The Morgan fingerprint density at radius 3 is 2.45 bits per heavy atom. The van der Waals surface area contributed by atoms with Crippen LogP contribution < -0.4 is 5.32 Å². The van der Waals surface area contributed by atoms with Crippen LogP contribution in [0.1, 0.15) is 18.4 Å². The standard InChI is InChI=1S/C16H19ClF2N2O/c17-14-3-1-2-13(8-14)16(18,19)15(22)21-6-4-11-9-20-10-12(11)5-7-21/h1-3,8,11-12,20H,4-7,9-10H2/t11-,12+. The van der Waals surface area contributed by atoms with Gasteiger partial charge in [-0.2, -0.15) is 8.78 Å². The van der Waals surface area contributed by atoms with Crippen LogP contribution in [0.15, 0.2) is 24.3 Å². The molecule has 1 N–H and O–H groups in total. The Balaban J connectivity index is 1.75. The molecule has 6 heteroatoms. The predicted molar refractivity (Wildman–Crippen MR) is 81.0 cm³/mol. The summed E-state index contributed by atoms with van der Waals surface area (Å²) >= 11 is 5.77. The molecule has 0 bridgehead atoms. The highest BCUT2D eigenvalue weighted by Crippen LogP contribution is 2.34. The van der Waals surface area contributed by atoms with E-state index in [-0.39, 0.29) is 10.6 Å². The monoisotopic (exact) mass is 328 g/mol. The number of halogens is 3. The van der Waals surface area contributed by atoms with Gasteiger partial charge in [-0.3, -0.25) is 4.79 Å². The topological polar surface area (TPSA) is 32.3 Å². The minimum atomic E-state index is -3.53. The average molecular weight is 329 g/mol. The number of carbonyl (C=O) groups is 1. The minimum absolute atomic E-state index is 0.210. The number of benzene rings is 1. The largest absolute Gasteiger partial charge is 0.350 e. The molecule has 2 aliphatic heterocycles. The third kappa shape index (κ3) is 2.97. The lowest BCUT2D eigenvalue weighted by atomic mass is 9.92. The summed E-state index contributed by atoms with van der Waals surface area (Å²) in [6.07, 6.45) is 1.57. The van der Waals surface area contributed by atoms with E-state index in [4.69, 9.17) is 11.6 Å². The maximum atomic E-state index is 14.5. The summed E-state index contributed by atoms with van der Waals surface area (Å²) in [7, 11) is 0. The second kappa shape index (κ2) is 6.13. The Kier molecular flexibility index (Phi) is 4.37. The third-order valence-corrected chi connectivity index (χ3v) is 5.00. The van der Waals surface area contributed by atoms with E-state index in [0.29, 0.717) is 24.9 Å². The van der Waals surface area contributed by atoms with Gasteiger partial charge in [0.1, 0.15) is 0 Å². The van der Waals surface area contributed by atoms with Crippen LogP contribution >= 0.6 is 11.6 Å². The first-order chi connectivity index (χ1) is 10.5. The first-order valence-corrected chi connectivity index (χ1v) is 8.00. The zero-order valence-electron chi connectivity index (χ0n) is 12.2. The number of amides is 1. The van der Waals surface area contributed by atoms with Gasteiger partial charge in [-0.05, 0) is 49.9 Å². The summed E-state index contributed by atoms with van der Waals surface area (Å²) in [6.45, 7) is 2.66. The summed E-state index contributed by atoms with van der Waals surface area (Å²) in [4.78, 5) is 13.6. The molecule has 3 rings (SSSR count). The Labute approximate surface area is 133 Å². The van der Waals surface area contributed by atoms with Crippen LogP contribution in [0.25, 0.3) is 0 Å². The van der Waals surface area contributed by atoms with Gasteiger partial charge in [0, 0.05) is 23.7 Å². The molecule has 1 aromatic carbocycles. The lowest BCUT2D eigenvalue weighted by Crippen LogP contribution is -2.42. The summed E-state index contributed by atoms with van der Waals surface area (Å²) in [5, 5.41) is 3.54. The number of likely N-dealkylation sites (tertiary alicyclic amines) is 1. The van der Waals surface area contributed by atoms with Gasteiger partial charge in [0.25, 0.3) is 5.91 Å². The number of carbonyl (C=O) groups excluding carboxylic acids is 1. The Hall–Kier alpha value is -1.20. The molecule has 0 aromatic heterocycles. The van der Waals surface area contributed by atoms with Crippen molar-refractivity contribution in [3.05, 3.63) is 34.9 Å². The second-order valence-corrected chi connectivity index (χ2v) is 6.57. The number of rotatable bonds is 2. The van der Waals surface area contributed by atoms with Gasteiger partial charge in [-0.25, -0.2) is 0 Å². The van der Waals surface area contributed by atoms with Crippen molar-refractivity contribution in [1.29, 1.82) is 0 Å². The molecule has 0 saturated carbocycles. The van der Waals surface area contributed by atoms with Crippen LogP contribution in [-0.2, 0) is 10.7 Å². The van der Waals surface area contributed by atoms with Crippen LogP contribution in [0.2, 0.25) is 5.02 Å². The van der Waals surface area contributed by atoms with Crippen molar-refractivity contribution in [3.8, 4) is 0 Å². The number of hydrogen-bond donors (Lipinski definition) is 1. The molecule has 2 atom stereocenters. The highest BCUT2D eigenvalue weighted by molar-refractivity contribution is 6.30. The van der Waals surface area contributed by atoms with E-state index < -0.39 is 11.8 Å². The summed E-state index contributed by atoms with van der Waals surface area (Å²) in [5.74, 6) is -3.64. The first kappa shape index (κ1) is 15.7. The van der Waals surface area contributed by atoms with E-state index in [0.717, 1.165) is 32.0 Å². The van der Waals surface area contributed by atoms with Crippen molar-refractivity contribution >= 4 is 17.5 Å². The fourth-order valence-electron chi connectivity index (χ4n) is 3.43. The molecule has 0 radical (unpaired) electrons.